The number of nitrogens with zero attached hydrogens (tertiary/aromatic N) is 2. The van der Waals surface area contributed by atoms with Gasteiger partial charge in [-0.1, -0.05) is 66.2 Å². The van der Waals surface area contributed by atoms with E-state index in [4.69, 9.17) is 15.4 Å². The van der Waals surface area contributed by atoms with E-state index in [1.807, 2.05) is 61.5 Å². The predicted molar refractivity (Wildman–Crippen MR) is 154 cm³/mol. The van der Waals surface area contributed by atoms with E-state index in [1.165, 1.54) is 12.1 Å². The van der Waals surface area contributed by atoms with Crippen LogP contribution in [0.15, 0.2) is 93.8 Å². The summed E-state index contributed by atoms with van der Waals surface area (Å²) in [7, 11) is 0. The quantitative estimate of drug-likeness (QED) is 0.126. The maximum Gasteiger partial charge on any atom is 0.416 e. The molecule has 0 saturated heterocycles. The zero-order valence-corrected chi connectivity index (χ0v) is 21.6. The van der Waals surface area contributed by atoms with Crippen LogP contribution in [0, 0.1) is 24.8 Å². The standard InChI is InChI=1S/C34H19F3N2O2/c1-20-3-7-23(8-4-20)25(19-38)15-21-5-13-27-30(17-21)40-33-28-14-6-22(18-31(28)41-32(27)33)16-29(39-2)24-9-11-26(12-10-24)34(35,36)37/h3-18H,1H3/b25-15+,29-16-. The Balaban J connectivity index is 1.34. The van der Waals surface area contributed by atoms with Crippen molar-refractivity contribution in [3.05, 3.63) is 130 Å². The van der Waals surface area contributed by atoms with Gasteiger partial charge in [0.15, 0.2) is 16.9 Å². The Bertz CT molecular complexity index is 2100. The lowest BCUT2D eigenvalue weighted by Crippen LogP contribution is -2.04. The lowest BCUT2D eigenvalue weighted by atomic mass is 10.0. The molecule has 0 aliphatic carbocycles. The number of hydrogen-bond acceptors (Lipinski definition) is 3. The highest BCUT2D eigenvalue weighted by molar-refractivity contribution is 6.13. The van der Waals surface area contributed by atoms with Gasteiger partial charge in [-0.25, -0.2) is 4.85 Å². The third-order valence-electron chi connectivity index (χ3n) is 6.86. The summed E-state index contributed by atoms with van der Waals surface area (Å²) >= 11 is 0. The maximum absolute atomic E-state index is 12.9. The molecule has 0 spiro atoms. The molecule has 4 aromatic carbocycles. The zero-order valence-electron chi connectivity index (χ0n) is 21.6. The molecule has 0 saturated carbocycles. The summed E-state index contributed by atoms with van der Waals surface area (Å²) in [6.07, 6.45) is -1.02. The van der Waals surface area contributed by atoms with Gasteiger partial charge >= 0.3 is 6.18 Å². The van der Waals surface area contributed by atoms with E-state index in [0.29, 0.717) is 39.0 Å². The maximum atomic E-state index is 12.9. The molecule has 0 bridgehead atoms. The molecule has 198 valence electrons. The van der Waals surface area contributed by atoms with Crippen molar-refractivity contribution in [1.29, 1.82) is 5.26 Å². The Hall–Kier alpha value is -5.53. The molecule has 7 heteroatoms. The molecule has 2 aromatic heterocycles. The summed E-state index contributed by atoms with van der Waals surface area (Å²) in [5.74, 6) is 0. The van der Waals surface area contributed by atoms with Crippen LogP contribution in [0.1, 0.15) is 33.4 Å². The Kier molecular flexibility index (Phi) is 6.21. The van der Waals surface area contributed by atoms with Crippen molar-refractivity contribution in [3.8, 4) is 6.07 Å². The molecule has 4 nitrogen and oxygen atoms in total. The van der Waals surface area contributed by atoms with Crippen LogP contribution < -0.4 is 0 Å². The fourth-order valence-electron chi connectivity index (χ4n) is 4.72. The topological polar surface area (TPSA) is 54.4 Å². The Morgan fingerprint density at radius 3 is 1.83 bits per heavy atom. The smallest absolute Gasteiger partial charge is 0.416 e. The number of allylic oxidation sites excluding steroid dienone is 1. The summed E-state index contributed by atoms with van der Waals surface area (Å²) in [6, 6.07) is 25.6. The van der Waals surface area contributed by atoms with Gasteiger partial charge in [-0.2, -0.15) is 18.4 Å². The minimum atomic E-state index is -4.44. The number of rotatable bonds is 4. The van der Waals surface area contributed by atoms with E-state index in [0.717, 1.165) is 39.6 Å². The van der Waals surface area contributed by atoms with Gasteiger partial charge in [-0.05, 0) is 65.6 Å². The van der Waals surface area contributed by atoms with Crippen LogP contribution in [0.25, 0.3) is 61.4 Å². The highest BCUT2D eigenvalue weighted by atomic mass is 19.4. The van der Waals surface area contributed by atoms with Crippen molar-refractivity contribution in [2.45, 2.75) is 13.1 Å². The van der Waals surface area contributed by atoms with Crippen LogP contribution in [0.4, 0.5) is 13.2 Å². The molecule has 0 aliphatic rings. The third kappa shape index (κ3) is 4.86. The summed E-state index contributed by atoms with van der Waals surface area (Å²) in [5, 5.41) is 11.2. The lowest BCUT2D eigenvalue weighted by molar-refractivity contribution is -0.137. The number of fused-ring (bicyclic) bond motifs is 5. The summed E-state index contributed by atoms with van der Waals surface area (Å²) in [4.78, 5) is 3.51. The first-order valence-corrected chi connectivity index (χ1v) is 12.6. The van der Waals surface area contributed by atoms with Crippen molar-refractivity contribution in [2.24, 2.45) is 0 Å². The molecule has 6 aromatic rings. The molecule has 0 amide bonds. The molecule has 0 N–H and O–H groups in total. The van der Waals surface area contributed by atoms with Gasteiger partial charge < -0.3 is 8.83 Å². The zero-order chi connectivity index (χ0) is 28.7. The molecule has 0 aliphatic heterocycles. The van der Waals surface area contributed by atoms with E-state index in [-0.39, 0.29) is 5.70 Å². The normalized spacial score (nSPS) is 12.6. The van der Waals surface area contributed by atoms with Crippen molar-refractivity contribution in [1.82, 2.24) is 0 Å². The molecule has 6 rings (SSSR count). The second kappa shape index (κ2) is 9.89. The van der Waals surface area contributed by atoms with Crippen LogP contribution in [-0.2, 0) is 6.18 Å². The minimum absolute atomic E-state index is 0.210. The largest absolute Gasteiger partial charge is 0.452 e. The van der Waals surface area contributed by atoms with E-state index < -0.39 is 11.7 Å². The van der Waals surface area contributed by atoms with E-state index in [9.17, 15) is 18.4 Å². The monoisotopic (exact) mass is 544 g/mol. The second-order valence-electron chi connectivity index (χ2n) is 9.63. The van der Waals surface area contributed by atoms with Gasteiger partial charge in [0.2, 0.25) is 0 Å². The summed E-state index contributed by atoms with van der Waals surface area (Å²) < 4.78 is 51.0. The fourth-order valence-corrected chi connectivity index (χ4v) is 4.72. The first kappa shape index (κ1) is 25.7. The van der Waals surface area contributed by atoms with Crippen LogP contribution in [-0.4, -0.2) is 0 Å². The third-order valence-corrected chi connectivity index (χ3v) is 6.86. The Labute approximate surface area is 232 Å². The van der Waals surface area contributed by atoms with Gasteiger partial charge in [0, 0.05) is 0 Å². The van der Waals surface area contributed by atoms with Gasteiger partial charge in [0.05, 0.1) is 34.6 Å². The van der Waals surface area contributed by atoms with Crippen molar-refractivity contribution < 1.29 is 22.0 Å². The summed E-state index contributed by atoms with van der Waals surface area (Å²) in [5.41, 5.74) is 6.15. The lowest BCUT2D eigenvalue weighted by Gasteiger charge is -2.07. The van der Waals surface area contributed by atoms with Crippen LogP contribution >= 0.6 is 0 Å². The number of aryl methyl sites for hydroxylation is 1. The SMILES string of the molecule is [C-]#[N+]/C(=C\c1ccc2c(c1)oc1c3ccc(/C=C(\C#N)c4ccc(C)cc4)cc3oc21)c1ccc(C(F)(F)F)cc1. The van der Waals surface area contributed by atoms with Gasteiger partial charge in [0.25, 0.3) is 0 Å². The van der Waals surface area contributed by atoms with E-state index >= 15 is 0 Å². The molecule has 0 radical (unpaired) electrons. The molecular weight excluding hydrogens is 525 g/mol. The Morgan fingerprint density at radius 2 is 1.32 bits per heavy atom. The molecule has 2 heterocycles. The number of halogens is 3. The van der Waals surface area contributed by atoms with Gasteiger partial charge in [0.1, 0.15) is 11.2 Å². The van der Waals surface area contributed by atoms with Crippen molar-refractivity contribution in [3.63, 3.8) is 0 Å². The second-order valence-corrected chi connectivity index (χ2v) is 9.63. The first-order chi connectivity index (χ1) is 19.7. The van der Waals surface area contributed by atoms with E-state index in [2.05, 4.69) is 10.9 Å². The first-order valence-electron chi connectivity index (χ1n) is 12.6. The van der Waals surface area contributed by atoms with Crippen molar-refractivity contribution in [2.75, 3.05) is 0 Å². The number of alkyl halides is 3. The molecule has 41 heavy (non-hydrogen) atoms. The van der Waals surface area contributed by atoms with Crippen LogP contribution in [0.2, 0.25) is 0 Å². The predicted octanol–water partition coefficient (Wildman–Crippen LogP) is 10.1. The number of nitriles is 1. The number of benzene rings is 4. The number of hydrogen-bond donors (Lipinski definition) is 0. The molecule has 0 unspecified atom stereocenters. The summed E-state index contributed by atoms with van der Waals surface area (Å²) in [6.45, 7) is 9.54. The average Bonchev–Trinajstić information content (AvgIpc) is 3.50. The van der Waals surface area contributed by atoms with E-state index in [1.54, 1.807) is 18.2 Å². The molecular formula is C34H19F3N2O2. The fraction of sp³-hybridized carbons (Fsp3) is 0.0588. The highest BCUT2D eigenvalue weighted by Crippen LogP contribution is 2.38. The minimum Gasteiger partial charge on any atom is -0.452 e. The number of furan rings is 2. The van der Waals surface area contributed by atoms with Crippen molar-refractivity contribution >= 4 is 56.5 Å². The van der Waals surface area contributed by atoms with Gasteiger partial charge in [-0.3, -0.25) is 0 Å². The van der Waals surface area contributed by atoms with Crippen LogP contribution in [0.3, 0.4) is 0 Å². The average molecular weight is 545 g/mol. The Morgan fingerprint density at radius 1 is 0.780 bits per heavy atom. The van der Waals surface area contributed by atoms with Gasteiger partial charge in [-0.15, -0.1) is 0 Å². The molecule has 0 fully saturated rings. The molecule has 0 atom stereocenters. The highest BCUT2D eigenvalue weighted by Gasteiger charge is 2.30. The van der Waals surface area contributed by atoms with Crippen LogP contribution in [0.5, 0.6) is 0 Å².